The van der Waals surface area contributed by atoms with Crippen LogP contribution >= 0.6 is 0 Å². The van der Waals surface area contributed by atoms with Crippen molar-refractivity contribution in [3.05, 3.63) is 42.1 Å². The molecule has 2 fully saturated rings. The van der Waals surface area contributed by atoms with Gasteiger partial charge < -0.3 is 10.2 Å². The Morgan fingerprint density at radius 2 is 1.82 bits per heavy atom. The molecular weight excluding hydrogens is 492 g/mol. The molecule has 206 valence electrons. The summed E-state index contributed by atoms with van der Waals surface area (Å²) in [5.74, 6) is 0.262. The number of carbonyl (C=O) groups excluding carboxylic acids is 3. The predicted octanol–water partition coefficient (Wildman–Crippen LogP) is 4.32. The van der Waals surface area contributed by atoms with Crippen molar-refractivity contribution in [2.45, 2.75) is 92.4 Å². The Morgan fingerprint density at radius 3 is 2.46 bits per heavy atom. The second-order valence-electron chi connectivity index (χ2n) is 12.9. The lowest BCUT2D eigenvalue weighted by atomic mass is 9.88. The molecule has 0 spiro atoms. The number of fused-ring (bicyclic) bond motifs is 2. The second kappa shape index (κ2) is 9.54. The molecule has 1 aliphatic heterocycles. The summed E-state index contributed by atoms with van der Waals surface area (Å²) in [5, 5.41) is 8.38. The van der Waals surface area contributed by atoms with Gasteiger partial charge in [-0.3, -0.25) is 19.1 Å². The van der Waals surface area contributed by atoms with E-state index < -0.39 is 6.04 Å². The lowest BCUT2D eigenvalue weighted by Crippen LogP contribution is -2.51. The molecule has 2 aromatic heterocycles. The number of benzene rings is 1. The van der Waals surface area contributed by atoms with Crippen LogP contribution in [-0.2, 0) is 16.1 Å². The van der Waals surface area contributed by atoms with Crippen molar-refractivity contribution < 1.29 is 14.4 Å². The molecule has 0 radical (unpaired) electrons. The highest BCUT2D eigenvalue weighted by atomic mass is 16.2. The topological polar surface area (TPSA) is 110 Å². The summed E-state index contributed by atoms with van der Waals surface area (Å²) < 4.78 is 1.60. The van der Waals surface area contributed by atoms with Crippen LogP contribution in [0.3, 0.4) is 0 Å². The quantitative estimate of drug-likeness (QED) is 0.456. The van der Waals surface area contributed by atoms with Crippen LogP contribution in [0, 0.1) is 17.8 Å². The number of aryl methyl sites for hydroxylation is 1. The van der Waals surface area contributed by atoms with Crippen LogP contribution in [0.2, 0.25) is 0 Å². The second-order valence-corrected chi connectivity index (χ2v) is 12.9. The van der Waals surface area contributed by atoms with Crippen molar-refractivity contribution in [1.29, 1.82) is 0 Å². The van der Waals surface area contributed by atoms with Gasteiger partial charge in [-0.25, -0.2) is 9.97 Å². The Kier molecular flexibility index (Phi) is 6.59. The summed E-state index contributed by atoms with van der Waals surface area (Å²) in [7, 11) is 0. The first kappa shape index (κ1) is 27.0. The largest absolute Gasteiger partial charge is 0.352 e. The van der Waals surface area contributed by atoms with Gasteiger partial charge in [-0.1, -0.05) is 33.8 Å². The lowest BCUT2D eigenvalue weighted by Gasteiger charge is -2.30. The summed E-state index contributed by atoms with van der Waals surface area (Å²) in [4.78, 5) is 49.9. The van der Waals surface area contributed by atoms with E-state index in [2.05, 4.69) is 48.1 Å². The van der Waals surface area contributed by atoms with E-state index in [0.717, 1.165) is 24.0 Å². The number of ketones is 1. The molecule has 1 saturated heterocycles. The van der Waals surface area contributed by atoms with Gasteiger partial charge in [0.1, 0.15) is 24.1 Å². The highest BCUT2D eigenvalue weighted by Crippen LogP contribution is 2.59. The zero-order chi connectivity index (χ0) is 28.3. The fraction of sp³-hybridized carbons (Fsp3) is 0.533. The summed E-state index contributed by atoms with van der Waals surface area (Å²) in [6.07, 6.45) is 5.92. The maximum absolute atomic E-state index is 13.8. The Labute approximate surface area is 229 Å². The average Bonchev–Trinajstić information content (AvgIpc) is 3.21. The number of likely N-dealkylation sites (tertiary alicyclic amines) is 1. The normalized spacial score (nSPS) is 23.0. The van der Waals surface area contributed by atoms with Crippen molar-refractivity contribution in [1.82, 2.24) is 30.0 Å². The zero-order valence-electron chi connectivity index (χ0n) is 23.9. The molecule has 0 unspecified atom stereocenters. The first-order valence-corrected chi connectivity index (χ1v) is 13.7. The van der Waals surface area contributed by atoms with Crippen molar-refractivity contribution in [3.8, 4) is 11.1 Å². The van der Waals surface area contributed by atoms with Gasteiger partial charge in [-0.15, -0.1) is 0 Å². The monoisotopic (exact) mass is 530 g/mol. The number of hydrogen-bond donors (Lipinski definition) is 1. The van der Waals surface area contributed by atoms with E-state index >= 15 is 0 Å². The molecule has 9 heteroatoms. The first-order valence-electron chi connectivity index (χ1n) is 13.7. The molecule has 1 aliphatic carbocycles. The molecule has 2 amide bonds. The van der Waals surface area contributed by atoms with Crippen molar-refractivity contribution in [2.75, 3.05) is 0 Å². The molecule has 2 aliphatic rings. The number of hydrogen-bond acceptors (Lipinski definition) is 6. The zero-order valence-corrected chi connectivity index (χ0v) is 23.9. The van der Waals surface area contributed by atoms with Crippen LogP contribution in [0.5, 0.6) is 0 Å². The predicted molar refractivity (Wildman–Crippen MR) is 149 cm³/mol. The minimum Gasteiger partial charge on any atom is -0.352 e. The maximum Gasteiger partial charge on any atom is 0.245 e. The number of nitrogens with zero attached hydrogens (tertiary/aromatic N) is 5. The highest BCUT2D eigenvalue weighted by molar-refractivity contribution is 6.06. The van der Waals surface area contributed by atoms with Gasteiger partial charge in [-0.2, -0.15) is 5.10 Å². The Hall–Kier alpha value is -3.62. The van der Waals surface area contributed by atoms with Crippen LogP contribution < -0.4 is 5.32 Å². The third-order valence-corrected chi connectivity index (χ3v) is 8.02. The van der Waals surface area contributed by atoms with E-state index in [1.165, 1.54) is 6.92 Å². The standard InChI is InChI=1S/C30H38N6O3/c1-17(11-29(4,5)6)33-28(39)24-12-30(7)13-25(30)36(24)26(38)16-35-23-9-8-20(21-14-31-19(3)32-15-21)10-22(23)27(34-35)18(2)37/h8-10,14-15,17,24-25H,11-13,16H2,1-7H3,(H,33,39)/t17-,24+,25-,30+/m1/s1. The van der Waals surface area contributed by atoms with Gasteiger partial charge in [0.05, 0.1) is 5.52 Å². The molecule has 3 aromatic rings. The van der Waals surface area contributed by atoms with Gasteiger partial charge >= 0.3 is 0 Å². The Morgan fingerprint density at radius 1 is 1.13 bits per heavy atom. The number of carbonyl (C=O) groups is 3. The van der Waals surface area contributed by atoms with Crippen LogP contribution in [0.4, 0.5) is 0 Å². The first-order chi connectivity index (χ1) is 18.3. The fourth-order valence-electron chi connectivity index (χ4n) is 6.16. The Balaban J connectivity index is 1.40. The lowest BCUT2D eigenvalue weighted by molar-refractivity contribution is -0.140. The van der Waals surface area contributed by atoms with Gasteiger partial charge in [0, 0.05) is 42.4 Å². The summed E-state index contributed by atoms with van der Waals surface area (Å²) in [6, 6.07) is 5.27. The van der Waals surface area contributed by atoms with Crippen LogP contribution in [-0.4, -0.2) is 60.4 Å². The molecule has 3 heterocycles. The van der Waals surface area contributed by atoms with E-state index in [1.807, 2.05) is 32.0 Å². The molecule has 1 aromatic carbocycles. The van der Waals surface area contributed by atoms with E-state index in [-0.39, 0.29) is 47.1 Å². The SMILES string of the molecule is CC(=O)c1nn(CC(=O)N2[C@H](C(=O)N[C@H](C)CC(C)(C)C)C[C@@]3(C)C[C@@H]23)c2ccc(-c3cnc(C)nc3)cc12. The fourth-order valence-corrected chi connectivity index (χ4v) is 6.16. The van der Waals surface area contributed by atoms with Gasteiger partial charge in [0.15, 0.2) is 5.78 Å². The molecule has 39 heavy (non-hydrogen) atoms. The molecule has 4 atom stereocenters. The number of nitrogens with one attached hydrogen (secondary N) is 1. The number of Topliss-reactive ketones (excluding diaryl/α,β-unsaturated/α-hetero) is 1. The summed E-state index contributed by atoms with van der Waals surface area (Å²) in [5.41, 5.74) is 2.78. The number of piperidine rings is 1. The number of amides is 2. The van der Waals surface area contributed by atoms with Crippen molar-refractivity contribution in [3.63, 3.8) is 0 Å². The maximum atomic E-state index is 13.8. The van der Waals surface area contributed by atoms with Crippen LogP contribution in [0.15, 0.2) is 30.6 Å². The molecule has 1 saturated carbocycles. The van der Waals surface area contributed by atoms with Crippen LogP contribution in [0.1, 0.15) is 77.1 Å². The third kappa shape index (κ3) is 5.31. The Bertz CT molecular complexity index is 1450. The average molecular weight is 531 g/mol. The van der Waals surface area contributed by atoms with Gasteiger partial charge in [0.2, 0.25) is 11.8 Å². The minimum absolute atomic E-state index is 0.0143. The molecule has 5 rings (SSSR count). The smallest absolute Gasteiger partial charge is 0.245 e. The summed E-state index contributed by atoms with van der Waals surface area (Å²) in [6.45, 7) is 13.9. The highest BCUT2D eigenvalue weighted by Gasteiger charge is 2.64. The number of aromatic nitrogens is 4. The van der Waals surface area contributed by atoms with E-state index in [4.69, 9.17) is 0 Å². The van der Waals surface area contributed by atoms with Gasteiger partial charge in [-0.05, 0) is 61.6 Å². The summed E-state index contributed by atoms with van der Waals surface area (Å²) >= 11 is 0. The molecule has 9 nitrogen and oxygen atoms in total. The third-order valence-electron chi connectivity index (χ3n) is 8.02. The molecule has 0 bridgehead atoms. The van der Waals surface area contributed by atoms with Gasteiger partial charge in [0.25, 0.3) is 0 Å². The number of rotatable bonds is 7. The van der Waals surface area contributed by atoms with E-state index in [9.17, 15) is 14.4 Å². The van der Waals surface area contributed by atoms with E-state index in [0.29, 0.717) is 28.8 Å². The van der Waals surface area contributed by atoms with E-state index in [1.54, 1.807) is 22.0 Å². The minimum atomic E-state index is -0.495. The van der Waals surface area contributed by atoms with Crippen molar-refractivity contribution >= 4 is 28.5 Å². The molecular formula is C30H38N6O3. The molecule has 1 N–H and O–H groups in total. The van der Waals surface area contributed by atoms with Crippen molar-refractivity contribution in [2.24, 2.45) is 10.8 Å². The van der Waals surface area contributed by atoms with Crippen LogP contribution in [0.25, 0.3) is 22.0 Å².